The zero-order chi connectivity index (χ0) is 12.7. The van der Waals surface area contributed by atoms with Gasteiger partial charge in [0.2, 0.25) is 0 Å². The summed E-state index contributed by atoms with van der Waals surface area (Å²) in [6, 6.07) is 1.85. The van der Waals surface area contributed by atoms with Crippen LogP contribution in [0.4, 0.5) is 0 Å². The molecule has 1 aliphatic carbocycles. The molecule has 0 aromatic carbocycles. The molecule has 18 heavy (non-hydrogen) atoms. The number of hydrogen-bond donors (Lipinski definition) is 0. The highest BCUT2D eigenvalue weighted by Crippen LogP contribution is 2.43. The van der Waals surface area contributed by atoms with Crippen molar-refractivity contribution >= 4 is 23.2 Å². The van der Waals surface area contributed by atoms with Crippen LogP contribution in [0.2, 0.25) is 5.15 Å². The van der Waals surface area contributed by atoms with E-state index in [9.17, 15) is 0 Å². The molecule has 0 saturated heterocycles. The molecule has 1 aliphatic rings. The zero-order valence-electron chi connectivity index (χ0n) is 9.90. The van der Waals surface area contributed by atoms with Crippen LogP contribution in [0, 0.1) is 6.92 Å². The van der Waals surface area contributed by atoms with Crippen molar-refractivity contribution in [2.75, 3.05) is 0 Å². The summed E-state index contributed by atoms with van der Waals surface area (Å²) in [4.78, 5) is 8.27. The van der Waals surface area contributed by atoms with E-state index in [4.69, 9.17) is 23.2 Å². The van der Waals surface area contributed by atoms with E-state index in [1.165, 1.54) is 19.2 Å². The fourth-order valence-electron chi connectivity index (χ4n) is 1.96. The van der Waals surface area contributed by atoms with Crippen LogP contribution in [0.25, 0.3) is 5.82 Å². The fourth-order valence-corrected chi connectivity index (χ4v) is 2.58. The van der Waals surface area contributed by atoms with Crippen LogP contribution in [0.1, 0.15) is 35.7 Å². The second-order valence-corrected chi connectivity index (χ2v) is 5.12. The first-order valence-corrected chi connectivity index (χ1v) is 6.74. The molecule has 2 aromatic rings. The van der Waals surface area contributed by atoms with E-state index in [2.05, 4.69) is 15.1 Å². The second-order valence-electron chi connectivity index (χ2n) is 4.49. The number of rotatable bonds is 3. The second kappa shape index (κ2) is 4.52. The maximum Gasteiger partial charge on any atom is 0.158 e. The fraction of sp³-hybridized carbons (Fsp3) is 0.417. The molecule has 0 atom stereocenters. The van der Waals surface area contributed by atoms with Gasteiger partial charge in [0, 0.05) is 23.2 Å². The molecule has 0 unspecified atom stereocenters. The third-order valence-electron chi connectivity index (χ3n) is 3.06. The third kappa shape index (κ3) is 1.99. The van der Waals surface area contributed by atoms with Crippen molar-refractivity contribution in [2.24, 2.45) is 0 Å². The Morgan fingerprint density at radius 1 is 1.39 bits per heavy atom. The average Bonchev–Trinajstić information content (AvgIpc) is 3.13. The molecule has 0 spiro atoms. The normalized spacial score (nSPS) is 15.1. The summed E-state index contributed by atoms with van der Waals surface area (Å²) in [6.07, 6.45) is 3.85. The molecular weight excluding hydrogens is 271 g/mol. The van der Waals surface area contributed by atoms with Gasteiger partial charge < -0.3 is 0 Å². The lowest BCUT2D eigenvalue weighted by atomic mass is 10.2. The molecule has 0 aliphatic heterocycles. The maximum absolute atomic E-state index is 6.34. The largest absolute Gasteiger partial charge is 0.242 e. The Bertz CT molecular complexity index is 590. The van der Waals surface area contributed by atoms with E-state index in [0.717, 1.165) is 17.0 Å². The Morgan fingerprint density at radius 3 is 2.78 bits per heavy atom. The lowest BCUT2D eigenvalue weighted by molar-refractivity contribution is 0.805. The average molecular weight is 283 g/mol. The van der Waals surface area contributed by atoms with Gasteiger partial charge in [-0.05, 0) is 19.8 Å². The van der Waals surface area contributed by atoms with Crippen molar-refractivity contribution < 1.29 is 0 Å². The predicted molar refractivity (Wildman–Crippen MR) is 70.4 cm³/mol. The summed E-state index contributed by atoms with van der Waals surface area (Å²) in [7, 11) is 0. The molecule has 1 fully saturated rings. The number of aromatic nitrogens is 4. The van der Waals surface area contributed by atoms with Crippen molar-refractivity contribution in [1.29, 1.82) is 0 Å². The van der Waals surface area contributed by atoms with E-state index in [-0.39, 0.29) is 0 Å². The Kier molecular flexibility index (Phi) is 2.99. The van der Waals surface area contributed by atoms with Crippen LogP contribution in [0.5, 0.6) is 0 Å². The van der Waals surface area contributed by atoms with Gasteiger partial charge in [-0.15, -0.1) is 11.6 Å². The van der Waals surface area contributed by atoms with Gasteiger partial charge in [0.25, 0.3) is 0 Å². The van der Waals surface area contributed by atoms with E-state index >= 15 is 0 Å². The molecule has 94 valence electrons. The number of halogens is 2. The summed E-state index contributed by atoms with van der Waals surface area (Å²) in [5, 5.41) is 5.12. The first-order chi connectivity index (χ1) is 8.70. The van der Waals surface area contributed by atoms with Gasteiger partial charge in [-0.2, -0.15) is 5.10 Å². The van der Waals surface area contributed by atoms with Gasteiger partial charge >= 0.3 is 0 Å². The molecule has 2 heterocycles. The quantitative estimate of drug-likeness (QED) is 0.812. The Labute approximate surface area is 115 Å². The van der Waals surface area contributed by atoms with Gasteiger partial charge in [0.1, 0.15) is 11.5 Å². The minimum Gasteiger partial charge on any atom is -0.242 e. The van der Waals surface area contributed by atoms with Gasteiger partial charge in [0.05, 0.1) is 11.6 Å². The molecule has 1 saturated carbocycles. The number of alkyl halides is 1. The van der Waals surface area contributed by atoms with Gasteiger partial charge in [-0.25, -0.2) is 14.6 Å². The van der Waals surface area contributed by atoms with Gasteiger partial charge in [-0.1, -0.05) is 11.6 Å². The zero-order valence-corrected chi connectivity index (χ0v) is 11.4. The molecule has 0 amide bonds. The van der Waals surface area contributed by atoms with E-state index in [1.807, 2.05) is 13.0 Å². The number of hydrogen-bond acceptors (Lipinski definition) is 3. The first kappa shape index (κ1) is 11.9. The number of nitrogens with zero attached hydrogens (tertiary/aromatic N) is 4. The van der Waals surface area contributed by atoms with E-state index < -0.39 is 0 Å². The Morgan fingerprint density at radius 2 is 2.17 bits per heavy atom. The minimum atomic E-state index is 0.384. The Hall–Kier alpha value is -1.13. The minimum absolute atomic E-state index is 0.384. The molecular formula is C12H12Cl2N4. The highest BCUT2D eigenvalue weighted by molar-refractivity contribution is 6.31. The predicted octanol–water partition coefficient (Wildman–Crippen LogP) is 3.24. The summed E-state index contributed by atoms with van der Waals surface area (Å²) in [5.41, 5.74) is 2.83. The molecule has 6 heteroatoms. The van der Waals surface area contributed by atoms with Crippen LogP contribution < -0.4 is 0 Å². The van der Waals surface area contributed by atoms with Gasteiger partial charge in [-0.3, -0.25) is 0 Å². The summed E-state index contributed by atoms with van der Waals surface area (Å²) < 4.78 is 1.65. The lowest BCUT2D eigenvalue weighted by Gasteiger charge is -2.02. The van der Waals surface area contributed by atoms with Crippen LogP contribution in [0.15, 0.2) is 12.4 Å². The van der Waals surface area contributed by atoms with Crippen LogP contribution in [0.3, 0.4) is 0 Å². The summed E-state index contributed by atoms with van der Waals surface area (Å²) >= 11 is 12.3. The Balaban J connectivity index is 2.12. The molecule has 0 N–H and O–H groups in total. The summed E-state index contributed by atoms with van der Waals surface area (Å²) in [6.45, 7) is 1.91. The van der Waals surface area contributed by atoms with E-state index in [1.54, 1.807) is 4.68 Å². The number of aryl methyl sites for hydroxylation is 1. The van der Waals surface area contributed by atoms with Crippen molar-refractivity contribution in [3.05, 3.63) is 34.5 Å². The van der Waals surface area contributed by atoms with E-state index in [0.29, 0.717) is 22.8 Å². The highest BCUT2D eigenvalue weighted by atomic mass is 35.5. The van der Waals surface area contributed by atoms with Crippen molar-refractivity contribution in [2.45, 2.75) is 31.6 Å². The molecule has 4 nitrogen and oxygen atoms in total. The molecule has 2 aromatic heterocycles. The molecule has 0 bridgehead atoms. The van der Waals surface area contributed by atoms with Crippen molar-refractivity contribution in [3.8, 4) is 5.82 Å². The van der Waals surface area contributed by atoms with Crippen LogP contribution >= 0.6 is 23.2 Å². The monoisotopic (exact) mass is 282 g/mol. The summed E-state index contributed by atoms with van der Waals surface area (Å²) in [5.74, 6) is 1.58. The van der Waals surface area contributed by atoms with Crippen LogP contribution in [-0.4, -0.2) is 19.7 Å². The van der Waals surface area contributed by atoms with Crippen LogP contribution in [-0.2, 0) is 5.88 Å². The third-order valence-corrected chi connectivity index (χ3v) is 3.71. The lowest BCUT2D eigenvalue weighted by Crippen LogP contribution is -2.01. The molecule has 0 radical (unpaired) electrons. The first-order valence-electron chi connectivity index (χ1n) is 5.83. The maximum atomic E-state index is 6.34. The smallest absolute Gasteiger partial charge is 0.158 e. The standard InChI is InChI=1S/C12H12Cl2N4/c1-7-4-10(16-6-15-7)18-12(14)9(5-13)11(17-18)8-2-3-8/h4,6,8H,2-3,5H2,1H3. The van der Waals surface area contributed by atoms with Crippen molar-refractivity contribution in [3.63, 3.8) is 0 Å². The topological polar surface area (TPSA) is 43.6 Å². The van der Waals surface area contributed by atoms with Gasteiger partial charge in [0.15, 0.2) is 5.82 Å². The molecule has 3 rings (SSSR count). The highest BCUT2D eigenvalue weighted by Gasteiger charge is 2.31. The SMILES string of the molecule is Cc1cc(-n2nc(C3CC3)c(CCl)c2Cl)ncn1. The van der Waals surface area contributed by atoms with Crippen molar-refractivity contribution in [1.82, 2.24) is 19.7 Å².